The van der Waals surface area contributed by atoms with Crippen molar-refractivity contribution in [1.29, 1.82) is 0 Å². The summed E-state index contributed by atoms with van der Waals surface area (Å²) in [5, 5.41) is 20.7. The third kappa shape index (κ3) is 4.75. The van der Waals surface area contributed by atoms with Crippen molar-refractivity contribution in [3.05, 3.63) is 51.8 Å². The topological polar surface area (TPSA) is 119 Å². The number of rotatable bonds is 6. The molecular formula is C18H17F3N4O5. The number of ether oxygens (including phenoxy) is 1. The number of benzene rings is 1. The molecule has 12 heteroatoms. The highest BCUT2D eigenvalue weighted by Crippen LogP contribution is 2.36. The molecule has 1 N–H and O–H groups in total. The quantitative estimate of drug-likeness (QED) is 0.552. The van der Waals surface area contributed by atoms with E-state index < -0.39 is 34.2 Å². The van der Waals surface area contributed by atoms with Gasteiger partial charge in [-0.2, -0.15) is 18.2 Å². The monoisotopic (exact) mass is 426 g/mol. The van der Waals surface area contributed by atoms with Gasteiger partial charge in [-0.1, -0.05) is 12.1 Å². The van der Waals surface area contributed by atoms with Crippen molar-refractivity contribution in [3.8, 4) is 5.88 Å². The Labute approximate surface area is 168 Å². The van der Waals surface area contributed by atoms with E-state index in [9.17, 15) is 28.1 Å². The number of aliphatic carboxylic acids is 1. The first-order valence-electron chi connectivity index (χ1n) is 8.93. The van der Waals surface area contributed by atoms with Crippen LogP contribution in [0.2, 0.25) is 0 Å². The average Bonchev–Trinajstić information content (AvgIpc) is 2.71. The van der Waals surface area contributed by atoms with Crippen LogP contribution in [-0.2, 0) is 17.6 Å². The lowest BCUT2D eigenvalue weighted by Gasteiger charge is -2.30. The minimum atomic E-state index is -4.52. The zero-order chi connectivity index (χ0) is 21.9. The molecule has 0 spiro atoms. The molecule has 1 aliphatic rings. The third-order valence-corrected chi connectivity index (χ3v) is 4.73. The van der Waals surface area contributed by atoms with Crippen molar-refractivity contribution >= 4 is 17.5 Å². The predicted octanol–water partition coefficient (Wildman–Crippen LogP) is 3.28. The van der Waals surface area contributed by atoms with Gasteiger partial charge >= 0.3 is 17.8 Å². The Morgan fingerprint density at radius 2 is 2.00 bits per heavy atom. The Hall–Kier alpha value is -3.44. The van der Waals surface area contributed by atoms with Gasteiger partial charge in [0, 0.05) is 13.1 Å². The van der Waals surface area contributed by atoms with Gasteiger partial charge in [-0.05, 0) is 30.5 Å². The number of hydrogen-bond donors (Lipinski definition) is 1. The van der Waals surface area contributed by atoms with E-state index in [1.165, 1.54) is 12.1 Å². The molecule has 0 amide bonds. The maximum Gasteiger partial charge on any atom is 0.416 e. The number of nitro groups is 1. The molecule has 0 atom stereocenters. The Morgan fingerprint density at radius 1 is 1.30 bits per heavy atom. The lowest BCUT2D eigenvalue weighted by Crippen LogP contribution is -2.37. The van der Waals surface area contributed by atoms with Gasteiger partial charge in [0.1, 0.15) is 12.9 Å². The summed E-state index contributed by atoms with van der Waals surface area (Å²) in [6, 6.07) is 4.42. The van der Waals surface area contributed by atoms with Crippen molar-refractivity contribution in [2.24, 2.45) is 5.92 Å². The molecule has 0 unspecified atom stereocenters. The van der Waals surface area contributed by atoms with Crippen molar-refractivity contribution in [1.82, 2.24) is 9.97 Å². The Bertz CT molecular complexity index is 946. The Kier molecular flexibility index (Phi) is 6.04. The van der Waals surface area contributed by atoms with E-state index in [4.69, 9.17) is 9.84 Å². The second-order valence-corrected chi connectivity index (χ2v) is 6.69. The molecule has 9 nitrogen and oxygen atoms in total. The molecule has 1 fully saturated rings. The van der Waals surface area contributed by atoms with Crippen molar-refractivity contribution in [3.63, 3.8) is 0 Å². The summed E-state index contributed by atoms with van der Waals surface area (Å²) in [4.78, 5) is 31.3. The number of anilines is 1. The number of piperidine rings is 1. The first kappa shape index (κ1) is 21.3. The highest BCUT2D eigenvalue weighted by atomic mass is 19.4. The molecular weight excluding hydrogens is 409 g/mol. The average molecular weight is 426 g/mol. The van der Waals surface area contributed by atoms with Gasteiger partial charge in [-0.25, -0.2) is 4.98 Å². The maximum atomic E-state index is 12.8. The van der Waals surface area contributed by atoms with Crippen LogP contribution in [0.5, 0.6) is 5.88 Å². The van der Waals surface area contributed by atoms with E-state index in [1.807, 2.05) is 0 Å². The fraction of sp³-hybridized carbons (Fsp3) is 0.389. The summed E-state index contributed by atoms with van der Waals surface area (Å²) in [5.41, 5.74) is -1.21. The maximum absolute atomic E-state index is 12.8. The smallest absolute Gasteiger partial charge is 0.416 e. The number of alkyl halides is 3. The SMILES string of the molecule is O=C(O)C1CCN(c2ncnc(OCc3cccc(C(F)(F)F)c3)c2[N+](=O)[O-])CC1. The zero-order valence-corrected chi connectivity index (χ0v) is 15.5. The van der Waals surface area contributed by atoms with Crippen LogP contribution in [-0.4, -0.2) is 39.1 Å². The fourth-order valence-electron chi connectivity index (χ4n) is 3.18. The number of carbonyl (C=O) groups is 1. The highest BCUT2D eigenvalue weighted by molar-refractivity contribution is 5.71. The van der Waals surface area contributed by atoms with Gasteiger partial charge in [0.05, 0.1) is 16.4 Å². The second kappa shape index (κ2) is 8.51. The molecule has 0 aliphatic carbocycles. The Morgan fingerprint density at radius 3 is 2.60 bits per heavy atom. The summed E-state index contributed by atoms with van der Waals surface area (Å²) in [7, 11) is 0. The molecule has 2 heterocycles. The van der Waals surface area contributed by atoms with Crippen LogP contribution in [0.1, 0.15) is 24.0 Å². The van der Waals surface area contributed by atoms with Crippen LogP contribution in [0.25, 0.3) is 0 Å². The highest BCUT2D eigenvalue weighted by Gasteiger charge is 2.33. The molecule has 0 saturated carbocycles. The van der Waals surface area contributed by atoms with Gasteiger partial charge in [0.15, 0.2) is 0 Å². The van der Waals surface area contributed by atoms with Gasteiger partial charge in [-0.15, -0.1) is 0 Å². The molecule has 1 aromatic heterocycles. The molecule has 30 heavy (non-hydrogen) atoms. The molecule has 1 aromatic carbocycles. The van der Waals surface area contributed by atoms with E-state index in [1.54, 1.807) is 4.90 Å². The normalized spacial score (nSPS) is 15.1. The van der Waals surface area contributed by atoms with E-state index >= 15 is 0 Å². The minimum absolute atomic E-state index is 0.0159. The van der Waals surface area contributed by atoms with E-state index in [-0.39, 0.29) is 37.0 Å². The number of nitrogens with zero attached hydrogens (tertiary/aromatic N) is 4. The van der Waals surface area contributed by atoms with Gasteiger partial charge in [0.2, 0.25) is 5.82 Å². The van der Waals surface area contributed by atoms with Gasteiger partial charge in [-0.3, -0.25) is 14.9 Å². The van der Waals surface area contributed by atoms with E-state index in [0.717, 1.165) is 18.5 Å². The van der Waals surface area contributed by atoms with E-state index in [0.29, 0.717) is 12.8 Å². The minimum Gasteiger partial charge on any atom is -0.481 e. The molecule has 1 aliphatic heterocycles. The van der Waals surface area contributed by atoms with Crippen molar-refractivity contribution in [2.75, 3.05) is 18.0 Å². The summed E-state index contributed by atoms with van der Waals surface area (Å²) >= 11 is 0. The van der Waals surface area contributed by atoms with Crippen LogP contribution >= 0.6 is 0 Å². The second-order valence-electron chi connectivity index (χ2n) is 6.69. The zero-order valence-electron chi connectivity index (χ0n) is 15.5. The summed E-state index contributed by atoms with van der Waals surface area (Å²) in [6.45, 7) is 0.145. The molecule has 2 aromatic rings. The summed E-state index contributed by atoms with van der Waals surface area (Å²) in [6.07, 6.45) is -2.85. The Balaban J connectivity index is 1.80. The molecule has 0 bridgehead atoms. The number of halogens is 3. The number of aromatic nitrogens is 2. The first-order valence-corrected chi connectivity index (χ1v) is 8.93. The van der Waals surface area contributed by atoms with E-state index in [2.05, 4.69) is 9.97 Å². The van der Waals surface area contributed by atoms with Gasteiger partial charge < -0.3 is 14.7 Å². The van der Waals surface area contributed by atoms with Crippen molar-refractivity contribution < 1.29 is 32.7 Å². The standard InChI is InChI=1S/C18H17F3N4O5/c19-18(20,21)13-3-1-2-11(8-13)9-30-16-14(25(28)29)15(22-10-23-16)24-6-4-12(5-7-24)17(26)27/h1-3,8,10,12H,4-7,9H2,(H,26,27). The number of carboxylic acid groups (broad SMARTS) is 1. The van der Waals surface area contributed by atoms with Crippen LogP contribution < -0.4 is 9.64 Å². The molecule has 3 rings (SSSR count). The van der Waals surface area contributed by atoms with Crippen LogP contribution in [0, 0.1) is 16.0 Å². The van der Waals surface area contributed by atoms with Gasteiger partial charge in [0.25, 0.3) is 5.88 Å². The first-order chi connectivity index (χ1) is 14.2. The molecule has 160 valence electrons. The number of hydrogen-bond acceptors (Lipinski definition) is 7. The lowest BCUT2D eigenvalue weighted by molar-refractivity contribution is -0.385. The van der Waals surface area contributed by atoms with Crippen LogP contribution in [0.4, 0.5) is 24.7 Å². The lowest BCUT2D eigenvalue weighted by atomic mass is 9.97. The summed E-state index contributed by atoms with van der Waals surface area (Å²) < 4.78 is 43.9. The van der Waals surface area contributed by atoms with Crippen molar-refractivity contribution in [2.45, 2.75) is 25.6 Å². The third-order valence-electron chi connectivity index (χ3n) is 4.73. The predicted molar refractivity (Wildman–Crippen MR) is 97.0 cm³/mol. The molecule has 0 radical (unpaired) electrons. The number of carboxylic acids is 1. The fourth-order valence-corrected chi connectivity index (χ4v) is 3.18. The largest absolute Gasteiger partial charge is 0.481 e. The van der Waals surface area contributed by atoms with Crippen LogP contribution in [0.3, 0.4) is 0 Å². The molecule has 1 saturated heterocycles. The summed E-state index contributed by atoms with van der Waals surface area (Å²) in [5.74, 6) is -1.84. The van der Waals surface area contributed by atoms with Crippen LogP contribution in [0.15, 0.2) is 30.6 Å².